The summed E-state index contributed by atoms with van der Waals surface area (Å²) in [5.74, 6) is 0.534. The van der Waals surface area contributed by atoms with Gasteiger partial charge in [0, 0.05) is 18.7 Å². The fraction of sp³-hybridized carbons (Fsp3) is 0.500. The van der Waals surface area contributed by atoms with Crippen molar-refractivity contribution in [3.8, 4) is 5.75 Å². The molecule has 0 aliphatic carbocycles. The van der Waals surface area contributed by atoms with E-state index in [-0.39, 0.29) is 24.2 Å². The first-order valence-electron chi connectivity index (χ1n) is 6.88. The van der Waals surface area contributed by atoms with E-state index in [0.717, 1.165) is 6.42 Å². The molecule has 21 heavy (non-hydrogen) atoms. The molecule has 2 atom stereocenters. The van der Waals surface area contributed by atoms with Crippen molar-refractivity contribution in [2.45, 2.75) is 19.4 Å². The van der Waals surface area contributed by atoms with Crippen LogP contribution in [0, 0.1) is 16.0 Å². The van der Waals surface area contributed by atoms with Gasteiger partial charge in [0.2, 0.25) is 0 Å². The number of likely N-dealkylation sites (tertiary alicyclic amines) is 1. The quantitative estimate of drug-likeness (QED) is 0.649. The molecule has 2 unspecified atom stereocenters. The molecule has 1 aliphatic rings. The first-order chi connectivity index (χ1) is 10.0. The number of nitrogens with zero attached hydrogens (tertiary/aromatic N) is 2. The highest BCUT2D eigenvalue weighted by Gasteiger charge is 2.31. The molecule has 114 valence electrons. The predicted molar refractivity (Wildman–Crippen MR) is 76.9 cm³/mol. The second kappa shape index (κ2) is 6.53. The average Bonchev–Trinajstić information content (AvgIpc) is 2.86. The summed E-state index contributed by atoms with van der Waals surface area (Å²) in [6.07, 6.45) is 0.902. The number of rotatable bonds is 5. The highest BCUT2D eigenvalue weighted by Crippen LogP contribution is 2.23. The molecule has 0 bridgehead atoms. The summed E-state index contributed by atoms with van der Waals surface area (Å²) in [5, 5.41) is 10.7. The first-order valence-corrected chi connectivity index (χ1v) is 6.88. The largest absolute Gasteiger partial charge is 0.484 e. The summed E-state index contributed by atoms with van der Waals surface area (Å²) in [5.41, 5.74) is 5.58. The van der Waals surface area contributed by atoms with Crippen molar-refractivity contribution in [2.75, 3.05) is 19.7 Å². The Morgan fingerprint density at radius 2 is 2.33 bits per heavy atom. The van der Waals surface area contributed by atoms with Crippen molar-refractivity contribution in [1.29, 1.82) is 0 Å². The van der Waals surface area contributed by atoms with Gasteiger partial charge in [-0.2, -0.15) is 0 Å². The van der Waals surface area contributed by atoms with Gasteiger partial charge in [0.05, 0.1) is 11.0 Å². The van der Waals surface area contributed by atoms with Crippen LogP contribution in [0.25, 0.3) is 0 Å². The number of ether oxygens (including phenoxy) is 1. The Kier molecular flexibility index (Phi) is 4.74. The minimum atomic E-state index is -0.497. The molecule has 7 nitrogen and oxygen atoms in total. The zero-order valence-electron chi connectivity index (χ0n) is 11.9. The van der Waals surface area contributed by atoms with Crippen molar-refractivity contribution < 1.29 is 14.5 Å². The predicted octanol–water partition coefficient (Wildman–Crippen LogP) is 1.17. The number of benzene rings is 1. The lowest BCUT2D eigenvalue weighted by Crippen LogP contribution is -2.37. The van der Waals surface area contributed by atoms with Crippen LogP contribution in [0.5, 0.6) is 5.75 Å². The van der Waals surface area contributed by atoms with E-state index in [2.05, 4.69) is 0 Å². The Morgan fingerprint density at radius 3 is 2.95 bits per heavy atom. The van der Waals surface area contributed by atoms with Gasteiger partial charge in [0.15, 0.2) is 6.61 Å². The molecule has 2 rings (SSSR count). The van der Waals surface area contributed by atoms with Crippen molar-refractivity contribution >= 4 is 11.6 Å². The molecule has 1 aromatic carbocycles. The van der Waals surface area contributed by atoms with Crippen molar-refractivity contribution in [1.82, 2.24) is 4.90 Å². The lowest BCUT2D eigenvalue weighted by molar-refractivity contribution is -0.384. The van der Waals surface area contributed by atoms with E-state index in [0.29, 0.717) is 24.8 Å². The molecule has 1 saturated heterocycles. The molecule has 0 aromatic heterocycles. The van der Waals surface area contributed by atoms with Crippen molar-refractivity contribution in [2.24, 2.45) is 11.7 Å². The number of nitro groups is 1. The van der Waals surface area contributed by atoms with E-state index < -0.39 is 4.92 Å². The molecule has 0 spiro atoms. The number of amides is 1. The summed E-state index contributed by atoms with van der Waals surface area (Å²) >= 11 is 0. The van der Waals surface area contributed by atoms with Crippen LogP contribution < -0.4 is 10.5 Å². The van der Waals surface area contributed by atoms with Crippen molar-refractivity contribution in [3.63, 3.8) is 0 Å². The van der Waals surface area contributed by atoms with Gasteiger partial charge >= 0.3 is 0 Å². The highest BCUT2D eigenvalue weighted by molar-refractivity contribution is 5.78. The highest BCUT2D eigenvalue weighted by atomic mass is 16.6. The summed E-state index contributed by atoms with van der Waals surface area (Å²) < 4.78 is 5.36. The number of hydrogen-bond acceptors (Lipinski definition) is 5. The molecular weight excluding hydrogens is 274 g/mol. The van der Waals surface area contributed by atoms with Gasteiger partial charge < -0.3 is 15.4 Å². The lowest BCUT2D eigenvalue weighted by atomic mass is 10.1. The first kappa shape index (κ1) is 15.2. The van der Waals surface area contributed by atoms with Gasteiger partial charge in [0.1, 0.15) is 5.75 Å². The zero-order chi connectivity index (χ0) is 15.4. The van der Waals surface area contributed by atoms with Gasteiger partial charge in [0.25, 0.3) is 11.6 Å². The van der Waals surface area contributed by atoms with Crippen LogP contribution >= 0.6 is 0 Å². The normalized spacial score (nSPS) is 21.3. The Hall–Kier alpha value is -2.15. The maximum atomic E-state index is 12.1. The Bertz CT molecular complexity index is 535. The van der Waals surface area contributed by atoms with Crippen LogP contribution in [0.2, 0.25) is 0 Å². The Labute approximate surface area is 122 Å². The zero-order valence-corrected chi connectivity index (χ0v) is 11.9. The number of nitrogens with two attached hydrogens (primary N) is 1. The van der Waals surface area contributed by atoms with E-state index in [9.17, 15) is 14.9 Å². The third-order valence-corrected chi connectivity index (χ3v) is 3.71. The lowest BCUT2D eigenvalue weighted by Gasteiger charge is -2.21. The summed E-state index contributed by atoms with van der Waals surface area (Å²) in [6.45, 7) is 3.08. The Morgan fingerprint density at radius 1 is 1.57 bits per heavy atom. The second-order valence-corrected chi connectivity index (χ2v) is 5.28. The second-order valence-electron chi connectivity index (χ2n) is 5.28. The Balaban J connectivity index is 1.92. The fourth-order valence-electron chi connectivity index (χ4n) is 2.58. The van der Waals surface area contributed by atoms with E-state index >= 15 is 0 Å². The fourth-order valence-corrected chi connectivity index (χ4v) is 2.58. The van der Waals surface area contributed by atoms with E-state index in [1.165, 1.54) is 18.2 Å². The van der Waals surface area contributed by atoms with Crippen LogP contribution in [-0.2, 0) is 4.79 Å². The monoisotopic (exact) mass is 293 g/mol. The average molecular weight is 293 g/mol. The molecule has 1 aliphatic heterocycles. The molecule has 1 fully saturated rings. The topological polar surface area (TPSA) is 98.7 Å². The molecule has 7 heteroatoms. The molecule has 2 N–H and O–H groups in total. The number of nitro benzene ring substituents is 1. The summed E-state index contributed by atoms with van der Waals surface area (Å²) in [6, 6.07) is 5.96. The minimum Gasteiger partial charge on any atom is -0.484 e. The SMILES string of the molecule is CC1CC(CN)CN1C(=O)COc1cccc([N+](=O)[O-])c1. The van der Waals surface area contributed by atoms with Gasteiger partial charge in [-0.05, 0) is 31.9 Å². The third kappa shape index (κ3) is 3.69. The van der Waals surface area contributed by atoms with Gasteiger partial charge in [-0.25, -0.2) is 0 Å². The van der Waals surface area contributed by atoms with Crippen LogP contribution in [0.3, 0.4) is 0 Å². The van der Waals surface area contributed by atoms with E-state index in [1.807, 2.05) is 6.92 Å². The summed E-state index contributed by atoms with van der Waals surface area (Å²) in [4.78, 5) is 24.1. The maximum absolute atomic E-state index is 12.1. The standard InChI is InChI=1S/C14H19N3O4/c1-10-5-11(7-15)8-16(10)14(18)9-21-13-4-2-3-12(6-13)17(19)20/h2-4,6,10-11H,5,7-9,15H2,1H3. The minimum absolute atomic E-state index is 0.0577. The van der Waals surface area contributed by atoms with Crippen LogP contribution in [0.4, 0.5) is 5.69 Å². The van der Waals surface area contributed by atoms with Crippen molar-refractivity contribution in [3.05, 3.63) is 34.4 Å². The molecular formula is C14H19N3O4. The smallest absolute Gasteiger partial charge is 0.273 e. The molecule has 1 amide bonds. The third-order valence-electron chi connectivity index (χ3n) is 3.71. The van der Waals surface area contributed by atoms with Crippen LogP contribution in [0.1, 0.15) is 13.3 Å². The van der Waals surface area contributed by atoms with Gasteiger partial charge in [-0.15, -0.1) is 0 Å². The molecule has 1 heterocycles. The number of hydrogen-bond donors (Lipinski definition) is 1. The number of carbonyl (C=O) groups is 1. The number of carbonyl (C=O) groups excluding carboxylic acids is 1. The number of non-ortho nitro benzene ring substituents is 1. The van der Waals surface area contributed by atoms with Gasteiger partial charge in [-0.3, -0.25) is 14.9 Å². The summed E-state index contributed by atoms with van der Waals surface area (Å²) in [7, 11) is 0. The van der Waals surface area contributed by atoms with Crippen LogP contribution in [0.15, 0.2) is 24.3 Å². The van der Waals surface area contributed by atoms with Crippen LogP contribution in [-0.4, -0.2) is 41.5 Å². The maximum Gasteiger partial charge on any atom is 0.273 e. The van der Waals surface area contributed by atoms with E-state index in [4.69, 9.17) is 10.5 Å². The van der Waals surface area contributed by atoms with Gasteiger partial charge in [-0.1, -0.05) is 6.07 Å². The molecule has 0 radical (unpaired) electrons. The molecule has 0 saturated carbocycles. The van der Waals surface area contributed by atoms with E-state index in [1.54, 1.807) is 11.0 Å². The molecule has 1 aromatic rings.